The summed E-state index contributed by atoms with van der Waals surface area (Å²) in [7, 11) is 3.12. The number of hydrogen-bond donors (Lipinski definition) is 0. The van der Waals surface area contributed by atoms with Gasteiger partial charge in [-0.25, -0.2) is 10.0 Å². The largest absolute Gasteiger partial charge is 0.493 e. The number of benzene rings is 3. The molecule has 3 aromatic rings. The van der Waals surface area contributed by atoms with Crippen molar-refractivity contribution >= 4 is 34.6 Å². The van der Waals surface area contributed by atoms with Crippen LogP contribution in [0.4, 0.5) is 11.4 Å². The molecule has 0 fully saturated rings. The molecule has 0 aliphatic carbocycles. The van der Waals surface area contributed by atoms with Gasteiger partial charge in [-0.15, -0.1) is 0 Å². The molecule has 0 saturated heterocycles. The van der Waals surface area contributed by atoms with Crippen LogP contribution in [0.3, 0.4) is 0 Å². The lowest BCUT2D eigenvalue weighted by molar-refractivity contribution is -0.122. The van der Waals surface area contributed by atoms with E-state index in [1.54, 1.807) is 20.3 Å². The number of amides is 2. The number of hydrogen-bond acceptors (Lipinski definition) is 6. The predicted octanol–water partition coefficient (Wildman–Crippen LogP) is 4.87. The van der Waals surface area contributed by atoms with Gasteiger partial charge in [-0.2, -0.15) is 10.2 Å². The zero-order valence-corrected chi connectivity index (χ0v) is 21.2. The lowest BCUT2D eigenvalue weighted by atomic mass is 9.72. The number of hydrazone groups is 2. The molecule has 188 valence electrons. The Morgan fingerprint density at radius 2 is 1.16 bits per heavy atom. The average molecular weight is 497 g/mol. The molecule has 0 radical (unpaired) electrons. The second-order valence-electron chi connectivity index (χ2n) is 9.02. The van der Waals surface area contributed by atoms with Gasteiger partial charge in [0.25, 0.3) is 11.8 Å². The number of anilines is 2. The molecule has 0 bridgehead atoms. The van der Waals surface area contributed by atoms with E-state index in [0.717, 1.165) is 0 Å². The highest BCUT2D eigenvalue weighted by Crippen LogP contribution is 2.47. The first-order valence-electron chi connectivity index (χ1n) is 12.1. The van der Waals surface area contributed by atoms with E-state index in [-0.39, 0.29) is 11.8 Å². The van der Waals surface area contributed by atoms with E-state index < -0.39 is 17.8 Å². The zero-order chi connectivity index (χ0) is 26.1. The first-order chi connectivity index (χ1) is 18.0. The van der Waals surface area contributed by atoms with Crippen molar-refractivity contribution in [3.8, 4) is 11.5 Å². The molecular formula is C29H28N4O4. The quantitative estimate of drug-likeness (QED) is 0.467. The number of carbonyl (C=O) groups is 2. The molecule has 3 aromatic carbocycles. The minimum atomic E-state index is -0.712. The van der Waals surface area contributed by atoms with Crippen LogP contribution in [0, 0.1) is 11.8 Å². The maximum Gasteiger partial charge on any atom is 0.256 e. The third-order valence-corrected chi connectivity index (χ3v) is 6.88. The predicted molar refractivity (Wildman–Crippen MR) is 143 cm³/mol. The summed E-state index contributed by atoms with van der Waals surface area (Å²) in [5, 5.41) is 12.1. The molecule has 0 unspecified atom stereocenters. The zero-order valence-electron chi connectivity index (χ0n) is 21.2. The first kappa shape index (κ1) is 24.2. The van der Waals surface area contributed by atoms with Crippen LogP contribution in [0.15, 0.2) is 89.1 Å². The third-order valence-electron chi connectivity index (χ3n) is 6.88. The summed E-state index contributed by atoms with van der Waals surface area (Å²) in [6.45, 7) is 3.65. The van der Waals surface area contributed by atoms with Gasteiger partial charge in [-0.05, 0) is 44.2 Å². The fourth-order valence-electron chi connectivity index (χ4n) is 5.22. The Balaban J connectivity index is 1.64. The lowest BCUT2D eigenvalue weighted by Crippen LogP contribution is -2.40. The number of para-hydroxylation sites is 3. The van der Waals surface area contributed by atoms with E-state index in [0.29, 0.717) is 39.9 Å². The van der Waals surface area contributed by atoms with Gasteiger partial charge in [-0.3, -0.25) is 9.59 Å². The Morgan fingerprint density at radius 3 is 1.59 bits per heavy atom. The van der Waals surface area contributed by atoms with Crippen molar-refractivity contribution in [2.45, 2.75) is 19.8 Å². The van der Waals surface area contributed by atoms with Crippen molar-refractivity contribution in [2.75, 3.05) is 24.2 Å². The Morgan fingerprint density at radius 1 is 0.676 bits per heavy atom. The average Bonchev–Trinajstić information content (AvgIpc) is 3.39. The number of nitrogens with zero attached hydrogens (tertiary/aromatic N) is 4. The normalized spacial score (nSPS) is 19.4. The van der Waals surface area contributed by atoms with E-state index in [4.69, 9.17) is 9.47 Å². The van der Waals surface area contributed by atoms with Crippen molar-refractivity contribution in [3.05, 3.63) is 84.4 Å². The van der Waals surface area contributed by atoms with Crippen LogP contribution in [-0.4, -0.2) is 37.5 Å². The fourth-order valence-corrected chi connectivity index (χ4v) is 5.22. The Bertz CT molecular complexity index is 1310. The van der Waals surface area contributed by atoms with Crippen LogP contribution in [0.5, 0.6) is 11.5 Å². The fraction of sp³-hybridized carbons (Fsp3) is 0.241. The van der Waals surface area contributed by atoms with Crippen LogP contribution in [0.25, 0.3) is 0 Å². The minimum Gasteiger partial charge on any atom is -0.493 e. The van der Waals surface area contributed by atoms with Crippen molar-refractivity contribution in [2.24, 2.45) is 22.0 Å². The molecular weight excluding hydrogens is 468 g/mol. The summed E-state index contributed by atoms with van der Waals surface area (Å²) in [6, 6.07) is 24.1. The molecule has 0 spiro atoms. The van der Waals surface area contributed by atoms with Crippen LogP contribution >= 0.6 is 0 Å². The molecule has 8 nitrogen and oxygen atoms in total. The lowest BCUT2D eigenvalue weighted by Gasteiger charge is -2.30. The molecule has 2 aliphatic rings. The Hall–Kier alpha value is -4.46. The van der Waals surface area contributed by atoms with E-state index in [1.807, 2.05) is 86.6 Å². The maximum absolute atomic E-state index is 14.0. The Labute approximate surface area is 215 Å². The van der Waals surface area contributed by atoms with Crippen molar-refractivity contribution in [3.63, 3.8) is 0 Å². The number of ether oxygens (including phenoxy) is 2. The smallest absolute Gasteiger partial charge is 0.256 e. The molecule has 5 rings (SSSR count). The highest BCUT2D eigenvalue weighted by molar-refractivity contribution is 6.19. The van der Waals surface area contributed by atoms with Gasteiger partial charge in [0.1, 0.15) is 0 Å². The van der Waals surface area contributed by atoms with Crippen molar-refractivity contribution in [1.29, 1.82) is 0 Å². The van der Waals surface area contributed by atoms with E-state index in [1.165, 1.54) is 10.0 Å². The molecule has 2 amide bonds. The summed E-state index contributed by atoms with van der Waals surface area (Å²) in [5.74, 6) is -1.47. The summed E-state index contributed by atoms with van der Waals surface area (Å²) in [6.07, 6.45) is 0. The van der Waals surface area contributed by atoms with Crippen LogP contribution in [-0.2, 0) is 9.59 Å². The van der Waals surface area contributed by atoms with Gasteiger partial charge in [0.05, 0.1) is 37.4 Å². The van der Waals surface area contributed by atoms with Gasteiger partial charge < -0.3 is 9.47 Å². The summed E-state index contributed by atoms with van der Waals surface area (Å²) in [5.41, 5.74) is 3.25. The van der Waals surface area contributed by atoms with Crippen molar-refractivity contribution in [1.82, 2.24) is 0 Å². The standard InChI is InChI=1S/C29H28N4O4/c1-18-24(28(34)32(30-18)20-12-7-5-8-13-20)26(22-16-11-17-23(36-3)27(22)37-4)25-19(2)31-33(29(25)35)21-14-9-6-10-15-21/h5-17,24-26H,1-4H3/t24-,25-/m1/s1. The second kappa shape index (κ2) is 9.89. The van der Waals surface area contributed by atoms with Gasteiger partial charge >= 0.3 is 0 Å². The van der Waals surface area contributed by atoms with Gasteiger partial charge in [0.15, 0.2) is 11.5 Å². The molecule has 2 atom stereocenters. The van der Waals surface area contributed by atoms with Gasteiger partial charge in [0.2, 0.25) is 0 Å². The second-order valence-corrected chi connectivity index (χ2v) is 9.02. The molecule has 8 heteroatoms. The van der Waals surface area contributed by atoms with Gasteiger partial charge in [-0.1, -0.05) is 48.5 Å². The number of rotatable bonds is 7. The molecule has 0 N–H and O–H groups in total. The summed E-state index contributed by atoms with van der Waals surface area (Å²) in [4.78, 5) is 28.0. The topological polar surface area (TPSA) is 83.8 Å². The van der Waals surface area contributed by atoms with Crippen LogP contribution < -0.4 is 19.5 Å². The van der Waals surface area contributed by atoms with E-state index in [9.17, 15) is 9.59 Å². The molecule has 2 aliphatic heterocycles. The minimum absolute atomic E-state index is 0.211. The first-order valence-corrected chi connectivity index (χ1v) is 12.1. The molecule has 0 aromatic heterocycles. The molecule has 2 heterocycles. The highest BCUT2D eigenvalue weighted by Gasteiger charge is 2.51. The van der Waals surface area contributed by atoms with E-state index in [2.05, 4.69) is 10.2 Å². The summed E-state index contributed by atoms with van der Waals surface area (Å²) >= 11 is 0. The van der Waals surface area contributed by atoms with Crippen LogP contribution in [0.1, 0.15) is 25.3 Å². The summed E-state index contributed by atoms with van der Waals surface area (Å²) < 4.78 is 11.3. The Kier molecular flexibility index (Phi) is 6.48. The van der Waals surface area contributed by atoms with E-state index >= 15 is 0 Å². The highest BCUT2D eigenvalue weighted by atomic mass is 16.5. The SMILES string of the molecule is COc1cccc(C([C@@H]2C(=O)N(c3ccccc3)N=C2C)[C@@H]2C(=O)N(c3ccccc3)N=C2C)c1OC. The monoisotopic (exact) mass is 496 g/mol. The number of carbonyl (C=O) groups excluding carboxylic acids is 2. The number of methoxy groups -OCH3 is 2. The van der Waals surface area contributed by atoms with Gasteiger partial charge in [0, 0.05) is 22.9 Å². The third kappa shape index (κ3) is 4.14. The maximum atomic E-state index is 14.0. The molecule has 37 heavy (non-hydrogen) atoms. The van der Waals surface area contributed by atoms with Crippen LogP contribution in [0.2, 0.25) is 0 Å². The van der Waals surface area contributed by atoms with Crippen molar-refractivity contribution < 1.29 is 19.1 Å². The molecule has 0 saturated carbocycles.